The highest BCUT2D eigenvalue weighted by molar-refractivity contribution is 5.84. The Balaban J connectivity index is 1.41. The molecule has 0 bridgehead atoms. The van der Waals surface area contributed by atoms with E-state index in [9.17, 15) is 0 Å². The molecule has 3 heterocycles. The Morgan fingerprint density at radius 1 is 0.938 bits per heavy atom. The van der Waals surface area contributed by atoms with Gasteiger partial charge in [0, 0.05) is 38.8 Å². The van der Waals surface area contributed by atoms with Crippen LogP contribution in [0.5, 0.6) is 0 Å². The first-order valence-electron chi connectivity index (χ1n) is 11.3. The van der Waals surface area contributed by atoms with Crippen LogP contribution in [0.2, 0.25) is 0 Å². The lowest BCUT2D eigenvalue weighted by Crippen LogP contribution is -2.44. The van der Waals surface area contributed by atoms with E-state index in [1.54, 1.807) is 0 Å². The number of piperazine rings is 1. The molecule has 32 heavy (non-hydrogen) atoms. The lowest BCUT2D eigenvalue weighted by Gasteiger charge is -2.27. The van der Waals surface area contributed by atoms with Crippen LogP contribution in [0.4, 0.5) is 11.8 Å². The Kier molecular flexibility index (Phi) is 5.73. The van der Waals surface area contributed by atoms with E-state index >= 15 is 0 Å². The van der Waals surface area contributed by atoms with Gasteiger partial charge in [0.15, 0.2) is 17.0 Å². The van der Waals surface area contributed by atoms with Crippen molar-refractivity contribution in [3.05, 3.63) is 66.5 Å². The Hall–Kier alpha value is -3.45. The molecule has 1 fully saturated rings. The number of nitrogens with one attached hydrogen (secondary N) is 2. The fraction of sp³-hybridized carbons (Fsp3) is 0.320. The monoisotopic (exact) mass is 427 g/mol. The van der Waals surface area contributed by atoms with Crippen LogP contribution in [0, 0.1) is 0 Å². The minimum Gasteiger partial charge on any atom is -0.364 e. The first-order chi connectivity index (χ1) is 15.7. The molecule has 2 aromatic heterocycles. The smallest absolute Gasteiger partial charge is 0.229 e. The maximum absolute atomic E-state index is 4.89. The molecule has 7 heteroatoms. The third-order valence-electron chi connectivity index (χ3n) is 5.89. The summed E-state index contributed by atoms with van der Waals surface area (Å²) < 4.78 is 2.11. The van der Waals surface area contributed by atoms with Crippen molar-refractivity contribution in [2.24, 2.45) is 0 Å². The number of nitrogens with zero attached hydrogens (tertiary/aromatic N) is 5. The van der Waals surface area contributed by atoms with Gasteiger partial charge in [-0.15, -0.1) is 0 Å². The summed E-state index contributed by atoms with van der Waals surface area (Å²) in [7, 11) is 0. The molecule has 164 valence electrons. The second kappa shape index (κ2) is 8.96. The number of aromatic nitrogens is 4. The molecule has 7 nitrogen and oxygen atoms in total. The Morgan fingerprint density at radius 2 is 1.66 bits per heavy atom. The van der Waals surface area contributed by atoms with E-state index in [-0.39, 0.29) is 6.04 Å². The summed E-state index contributed by atoms with van der Waals surface area (Å²) in [6.45, 7) is 8.67. The quantitative estimate of drug-likeness (QED) is 0.483. The lowest BCUT2D eigenvalue weighted by atomic mass is 10.0. The van der Waals surface area contributed by atoms with E-state index in [1.807, 2.05) is 12.4 Å². The fourth-order valence-electron chi connectivity index (χ4n) is 4.04. The van der Waals surface area contributed by atoms with Crippen molar-refractivity contribution in [2.45, 2.75) is 26.4 Å². The second-order valence-electron chi connectivity index (χ2n) is 8.44. The molecular formula is C25H29N7. The van der Waals surface area contributed by atoms with E-state index in [1.165, 1.54) is 16.7 Å². The van der Waals surface area contributed by atoms with Crippen molar-refractivity contribution >= 4 is 22.9 Å². The van der Waals surface area contributed by atoms with Crippen LogP contribution in [-0.2, 0) is 6.54 Å². The third kappa shape index (κ3) is 4.16. The van der Waals surface area contributed by atoms with E-state index in [4.69, 9.17) is 9.97 Å². The van der Waals surface area contributed by atoms with Crippen molar-refractivity contribution in [3.63, 3.8) is 0 Å². The van der Waals surface area contributed by atoms with Crippen LogP contribution in [0.25, 0.3) is 22.3 Å². The van der Waals surface area contributed by atoms with Crippen molar-refractivity contribution in [1.29, 1.82) is 0 Å². The van der Waals surface area contributed by atoms with Gasteiger partial charge in [-0.1, -0.05) is 54.6 Å². The van der Waals surface area contributed by atoms with E-state index in [0.29, 0.717) is 6.54 Å². The van der Waals surface area contributed by atoms with Gasteiger partial charge < -0.3 is 20.1 Å². The molecule has 1 aliphatic rings. The van der Waals surface area contributed by atoms with E-state index < -0.39 is 0 Å². The summed E-state index contributed by atoms with van der Waals surface area (Å²) >= 11 is 0. The minimum atomic E-state index is 0.282. The maximum Gasteiger partial charge on any atom is 0.229 e. The first kappa shape index (κ1) is 20.5. The van der Waals surface area contributed by atoms with Gasteiger partial charge in [0.2, 0.25) is 5.95 Å². The van der Waals surface area contributed by atoms with Crippen molar-refractivity contribution in [1.82, 2.24) is 24.8 Å². The number of anilines is 2. The highest BCUT2D eigenvalue weighted by atomic mass is 15.3. The largest absolute Gasteiger partial charge is 0.364 e. The van der Waals surface area contributed by atoms with Crippen LogP contribution in [0.3, 0.4) is 0 Å². The zero-order valence-electron chi connectivity index (χ0n) is 18.6. The molecule has 0 amide bonds. The number of imidazole rings is 1. The molecule has 1 aliphatic heterocycles. The number of rotatable bonds is 6. The summed E-state index contributed by atoms with van der Waals surface area (Å²) in [5, 5.41) is 6.92. The van der Waals surface area contributed by atoms with Crippen molar-refractivity contribution in [2.75, 3.05) is 36.4 Å². The molecule has 0 aliphatic carbocycles. The molecule has 5 rings (SSSR count). The van der Waals surface area contributed by atoms with E-state index in [2.05, 4.69) is 87.5 Å². The van der Waals surface area contributed by atoms with Gasteiger partial charge in [-0.25, -0.2) is 4.98 Å². The van der Waals surface area contributed by atoms with Gasteiger partial charge in [-0.05, 0) is 30.5 Å². The highest BCUT2D eigenvalue weighted by Crippen LogP contribution is 2.26. The number of hydrogen-bond acceptors (Lipinski definition) is 6. The summed E-state index contributed by atoms with van der Waals surface area (Å²) in [6.07, 6.45) is 1.87. The molecule has 0 spiro atoms. The topological polar surface area (TPSA) is 70.9 Å². The standard InChI is InChI=1S/C25H29N7/c1-18(2)32-17-28-22-23(29-25(30-24(22)32)31-14-12-26-13-15-31)27-16-19-8-10-21(11-9-19)20-6-4-3-5-7-20/h3-11,17-18,26H,12-16H2,1-2H3,(H,27,29,30). The second-order valence-corrected chi connectivity index (χ2v) is 8.44. The third-order valence-corrected chi connectivity index (χ3v) is 5.89. The predicted octanol–water partition coefficient (Wildman–Crippen LogP) is 4.10. The van der Waals surface area contributed by atoms with Crippen molar-refractivity contribution in [3.8, 4) is 11.1 Å². The van der Waals surface area contributed by atoms with Gasteiger partial charge in [0.25, 0.3) is 0 Å². The van der Waals surface area contributed by atoms with Gasteiger partial charge in [-0.2, -0.15) is 9.97 Å². The number of fused-ring (bicyclic) bond motifs is 1. The van der Waals surface area contributed by atoms with Gasteiger partial charge in [0.05, 0.1) is 6.33 Å². The fourth-order valence-corrected chi connectivity index (χ4v) is 4.04. The molecular weight excluding hydrogens is 398 g/mol. The summed E-state index contributed by atoms with van der Waals surface area (Å²) in [6, 6.07) is 19.4. The van der Waals surface area contributed by atoms with Gasteiger partial charge >= 0.3 is 0 Å². The SMILES string of the molecule is CC(C)n1cnc2c(NCc3ccc(-c4ccccc4)cc3)nc(N3CCNCC3)nc21. The Labute approximate surface area is 188 Å². The molecule has 1 saturated heterocycles. The zero-order chi connectivity index (χ0) is 21.9. The zero-order valence-corrected chi connectivity index (χ0v) is 18.6. The van der Waals surface area contributed by atoms with Crippen LogP contribution in [0.1, 0.15) is 25.5 Å². The first-order valence-corrected chi connectivity index (χ1v) is 11.3. The average Bonchev–Trinajstić information content (AvgIpc) is 3.28. The predicted molar refractivity (Wildman–Crippen MR) is 130 cm³/mol. The van der Waals surface area contributed by atoms with Crippen LogP contribution in [0.15, 0.2) is 60.9 Å². The van der Waals surface area contributed by atoms with Crippen LogP contribution < -0.4 is 15.5 Å². The molecule has 4 aromatic rings. The molecule has 2 aromatic carbocycles. The van der Waals surface area contributed by atoms with Gasteiger partial charge in [-0.3, -0.25) is 0 Å². The van der Waals surface area contributed by atoms with Crippen LogP contribution in [-0.4, -0.2) is 45.7 Å². The molecule has 2 N–H and O–H groups in total. The van der Waals surface area contributed by atoms with Crippen molar-refractivity contribution < 1.29 is 0 Å². The van der Waals surface area contributed by atoms with Gasteiger partial charge in [0.1, 0.15) is 0 Å². The number of benzene rings is 2. The molecule has 0 radical (unpaired) electrons. The Bertz CT molecular complexity index is 1180. The number of hydrogen-bond donors (Lipinski definition) is 2. The lowest BCUT2D eigenvalue weighted by molar-refractivity contribution is 0.578. The highest BCUT2D eigenvalue weighted by Gasteiger charge is 2.19. The summed E-state index contributed by atoms with van der Waals surface area (Å²) in [5.74, 6) is 1.55. The average molecular weight is 428 g/mol. The van der Waals surface area contributed by atoms with Crippen LogP contribution >= 0.6 is 0 Å². The summed E-state index contributed by atoms with van der Waals surface area (Å²) in [5.41, 5.74) is 5.34. The maximum atomic E-state index is 4.89. The molecule has 0 unspecified atom stereocenters. The minimum absolute atomic E-state index is 0.282. The molecule has 0 saturated carbocycles. The summed E-state index contributed by atoms with van der Waals surface area (Å²) in [4.78, 5) is 16.6. The Morgan fingerprint density at radius 3 is 2.38 bits per heavy atom. The van der Waals surface area contributed by atoms with E-state index in [0.717, 1.165) is 49.1 Å². The normalized spacial score (nSPS) is 14.3. The molecule has 0 atom stereocenters.